The molecule has 1 N–H and O–H groups in total. The van der Waals surface area contributed by atoms with Gasteiger partial charge in [0.05, 0.1) is 22.7 Å². The molecule has 5 nitrogen and oxygen atoms in total. The fraction of sp³-hybridized carbons (Fsp3) is 0.211. The summed E-state index contributed by atoms with van der Waals surface area (Å²) < 4.78 is 15.6. The van der Waals surface area contributed by atoms with Gasteiger partial charge in [-0.25, -0.2) is 9.18 Å². The first kappa shape index (κ1) is 17.9. The first-order valence-corrected chi connectivity index (χ1v) is 9.47. The van der Waals surface area contributed by atoms with Crippen molar-refractivity contribution in [3.8, 4) is 11.1 Å². The molecule has 1 aromatic carbocycles. The zero-order valence-electron chi connectivity index (χ0n) is 14.6. The number of hydrogen-bond donors (Lipinski definition) is 1. The molecule has 8 heteroatoms. The monoisotopic (exact) mass is 403 g/mol. The summed E-state index contributed by atoms with van der Waals surface area (Å²) in [7, 11) is 0. The Kier molecular flexibility index (Phi) is 4.36. The van der Waals surface area contributed by atoms with Crippen LogP contribution in [0, 0.1) is 19.7 Å². The van der Waals surface area contributed by atoms with Crippen LogP contribution in [-0.2, 0) is 11.3 Å². The third-order valence-corrected chi connectivity index (χ3v) is 6.13. The molecule has 0 unspecified atom stereocenters. The van der Waals surface area contributed by atoms with E-state index in [9.17, 15) is 14.0 Å². The SMILES string of the molecule is Cc1cc(Cl)cc(-c2ccnc3c(F)c(CN4C(=O)CNC4=O)sc23)c1C. The minimum absolute atomic E-state index is 0.0597. The quantitative estimate of drug-likeness (QED) is 0.658. The minimum Gasteiger partial charge on any atom is -0.329 e. The van der Waals surface area contributed by atoms with Gasteiger partial charge in [0, 0.05) is 16.8 Å². The highest BCUT2D eigenvalue weighted by atomic mass is 35.5. The smallest absolute Gasteiger partial charge is 0.324 e. The standard InChI is InChI=1S/C19H15ClFN3O2S/c1-9-5-11(20)6-13(10(9)2)12-3-4-22-17-16(21)14(27-18(12)17)8-24-15(25)7-23-19(24)26/h3-6H,7-8H2,1-2H3,(H,23,26). The van der Waals surface area contributed by atoms with Crippen LogP contribution in [0.5, 0.6) is 0 Å². The van der Waals surface area contributed by atoms with Crippen LogP contribution in [0.3, 0.4) is 0 Å². The van der Waals surface area contributed by atoms with Gasteiger partial charge in [0.25, 0.3) is 0 Å². The first-order valence-electron chi connectivity index (χ1n) is 8.28. The summed E-state index contributed by atoms with van der Waals surface area (Å²) in [6.45, 7) is 3.80. The summed E-state index contributed by atoms with van der Waals surface area (Å²) >= 11 is 7.43. The Morgan fingerprint density at radius 2 is 2.07 bits per heavy atom. The number of pyridine rings is 1. The topological polar surface area (TPSA) is 62.3 Å². The van der Waals surface area contributed by atoms with Crippen molar-refractivity contribution in [2.75, 3.05) is 6.54 Å². The number of nitrogens with zero attached hydrogens (tertiary/aromatic N) is 2. The van der Waals surface area contributed by atoms with Gasteiger partial charge in [0.1, 0.15) is 5.52 Å². The van der Waals surface area contributed by atoms with Gasteiger partial charge in [-0.15, -0.1) is 11.3 Å². The Hall–Kier alpha value is -2.51. The number of imide groups is 1. The van der Waals surface area contributed by atoms with Gasteiger partial charge in [0.15, 0.2) is 5.82 Å². The molecule has 138 valence electrons. The van der Waals surface area contributed by atoms with E-state index in [1.165, 1.54) is 11.3 Å². The summed E-state index contributed by atoms with van der Waals surface area (Å²) in [5, 5.41) is 3.05. The van der Waals surface area contributed by atoms with E-state index < -0.39 is 11.8 Å². The second-order valence-electron chi connectivity index (χ2n) is 6.41. The highest BCUT2D eigenvalue weighted by Crippen LogP contribution is 2.39. The number of hydrogen-bond acceptors (Lipinski definition) is 4. The highest BCUT2D eigenvalue weighted by molar-refractivity contribution is 7.19. The molecule has 0 saturated carbocycles. The van der Waals surface area contributed by atoms with E-state index >= 15 is 0 Å². The van der Waals surface area contributed by atoms with Gasteiger partial charge in [-0.3, -0.25) is 14.7 Å². The normalized spacial score (nSPS) is 14.3. The van der Waals surface area contributed by atoms with Gasteiger partial charge in [-0.05, 0) is 48.7 Å². The van der Waals surface area contributed by atoms with E-state index in [1.54, 1.807) is 6.20 Å². The van der Waals surface area contributed by atoms with E-state index in [4.69, 9.17) is 11.6 Å². The van der Waals surface area contributed by atoms with Crippen molar-refractivity contribution >= 4 is 45.1 Å². The van der Waals surface area contributed by atoms with Gasteiger partial charge in [-0.1, -0.05) is 11.6 Å². The summed E-state index contributed by atoms with van der Waals surface area (Å²) in [6, 6.07) is 5.06. The number of nitrogens with one attached hydrogen (secondary N) is 1. The molecule has 0 aliphatic carbocycles. The number of rotatable bonds is 3. The maximum Gasteiger partial charge on any atom is 0.324 e. The third-order valence-electron chi connectivity index (χ3n) is 4.74. The van der Waals surface area contributed by atoms with E-state index in [-0.39, 0.29) is 24.5 Å². The van der Waals surface area contributed by atoms with E-state index in [1.807, 2.05) is 32.0 Å². The Bertz CT molecular complexity index is 1100. The molecule has 27 heavy (non-hydrogen) atoms. The molecular formula is C19H15ClFN3O2S. The predicted octanol–water partition coefficient (Wildman–Crippen LogP) is 4.42. The zero-order valence-corrected chi connectivity index (χ0v) is 16.2. The lowest BCUT2D eigenvalue weighted by Gasteiger charge is -2.11. The van der Waals surface area contributed by atoms with Gasteiger partial charge in [0.2, 0.25) is 5.91 Å². The molecule has 1 aliphatic heterocycles. The van der Waals surface area contributed by atoms with Crippen LogP contribution < -0.4 is 5.32 Å². The molecule has 1 saturated heterocycles. The fourth-order valence-corrected chi connectivity index (χ4v) is 4.60. The van der Waals surface area contributed by atoms with Crippen LogP contribution in [0.1, 0.15) is 16.0 Å². The molecule has 0 bridgehead atoms. The number of aryl methyl sites for hydroxylation is 1. The van der Waals surface area contributed by atoms with Gasteiger partial charge in [-0.2, -0.15) is 0 Å². The second-order valence-corrected chi connectivity index (χ2v) is 7.95. The molecule has 0 radical (unpaired) electrons. The van der Waals surface area contributed by atoms with Crippen molar-refractivity contribution < 1.29 is 14.0 Å². The number of thiophene rings is 1. The van der Waals surface area contributed by atoms with Crippen molar-refractivity contribution in [2.24, 2.45) is 0 Å². The number of benzene rings is 1. The lowest BCUT2D eigenvalue weighted by Crippen LogP contribution is -2.30. The molecule has 4 rings (SSSR count). The maximum absolute atomic E-state index is 14.9. The number of aromatic nitrogens is 1. The molecule has 3 aromatic rings. The number of halogens is 2. The van der Waals surface area contributed by atoms with Gasteiger partial charge >= 0.3 is 6.03 Å². The van der Waals surface area contributed by atoms with Crippen LogP contribution in [0.25, 0.3) is 21.3 Å². The molecular weight excluding hydrogens is 389 g/mol. The third kappa shape index (κ3) is 2.96. The Balaban J connectivity index is 1.86. The Morgan fingerprint density at radius 3 is 2.78 bits per heavy atom. The minimum atomic E-state index is -0.508. The van der Waals surface area contributed by atoms with Crippen molar-refractivity contribution in [1.29, 1.82) is 0 Å². The van der Waals surface area contributed by atoms with Crippen molar-refractivity contribution in [3.63, 3.8) is 0 Å². The molecule has 0 spiro atoms. The number of fused-ring (bicyclic) bond motifs is 1. The summed E-state index contributed by atoms with van der Waals surface area (Å²) in [5.74, 6) is -0.868. The van der Waals surface area contributed by atoms with Crippen LogP contribution in [0.2, 0.25) is 5.02 Å². The predicted molar refractivity (Wildman–Crippen MR) is 103 cm³/mol. The molecule has 2 aromatic heterocycles. The van der Waals surface area contributed by atoms with Crippen LogP contribution in [-0.4, -0.2) is 28.4 Å². The number of amides is 3. The Morgan fingerprint density at radius 1 is 1.30 bits per heavy atom. The molecule has 1 aliphatic rings. The van der Waals surface area contributed by atoms with E-state index in [0.717, 1.165) is 27.2 Å². The fourth-order valence-electron chi connectivity index (χ4n) is 3.18. The van der Waals surface area contributed by atoms with Crippen LogP contribution >= 0.6 is 22.9 Å². The largest absolute Gasteiger partial charge is 0.329 e. The average Bonchev–Trinajstić information content (AvgIpc) is 3.12. The summed E-state index contributed by atoms with van der Waals surface area (Å²) in [5.41, 5.74) is 4.07. The summed E-state index contributed by atoms with van der Waals surface area (Å²) in [4.78, 5) is 29.1. The average molecular weight is 404 g/mol. The number of carbonyl (C=O) groups is 2. The number of carbonyl (C=O) groups excluding carboxylic acids is 2. The molecule has 0 atom stereocenters. The van der Waals surface area contributed by atoms with Crippen molar-refractivity contribution in [1.82, 2.24) is 15.2 Å². The van der Waals surface area contributed by atoms with E-state index in [2.05, 4.69) is 10.3 Å². The second kappa shape index (κ2) is 6.58. The molecule has 3 amide bonds. The number of urea groups is 1. The van der Waals surface area contributed by atoms with Crippen molar-refractivity contribution in [2.45, 2.75) is 20.4 Å². The molecule has 3 heterocycles. The Labute approximate surface area is 163 Å². The van der Waals surface area contributed by atoms with Crippen LogP contribution in [0.15, 0.2) is 24.4 Å². The zero-order chi connectivity index (χ0) is 19.3. The summed E-state index contributed by atoms with van der Waals surface area (Å²) in [6.07, 6.45) is 1.56. The first-order chi connectivity index (χ1) is 12.9. The van der Waals surface area contributed by atoms with Crippen molar-refractivity contribution in [3.05, 3.63) is 51.2 Å². The lowest BCUT2D eigenvalue weighted by molar-refractivity contribution is -0.125. The van der Waals surface area contributed by atoms with Gasteiger partial charge < -0.3 is 5.32 Å². The maximum atomic E-state index is 14.9. The highest BCUT2D eigenvalue weighted by Gasteiger charge is 2.30. The lowest BCUT2D eigenvalue weighted by atomic mass is 9.97. The van der Waals surface area contributed by atoms with Crippen LogP contribution in [0.4, 0.5) is 9.18 Å². The molecule has 1 fully saturated rings. The van der Waals surface area contributed by atoms with E-state index in [0.29, 0.717) is 14.6 Å².